The molecular formula is C36H41N3O4S. The zero-order chi connectivity index (χ0) is 31.7. The van der Waals surface area contributed by atoms with Crippen molar-refractivity contribution in [1.29, 1.82) is 0 Å². The number of anilines is 1. The van der Waals surface area contributed by atoms with Crippen LogP contribution in [-0.2, 0) is 32.6 Å². The number of hydrogen-bond acceptors (Lipinski definition) is 4. The minimum Gasteiger partial charge on any atom is -0.354 e. The van der Waals surface area contributed by atoms with E-state index >= 15 is 0 Å². The van der Waals surface area contributed by atoms with Crippen LogP contribution in [0.15, 0.2) is 114 Å². The van der Waals surface area contributed by atoms with Crippen molar-refractivity contribution in [3.63, 3.8) is 0 Å². The van der Waals surface area contributed by atoms with E-state index in [9.17, 15) is 18.0 Å². The van der Waals surface area contributed by atoms with E-state index in [1.54, 1.807) is 24.3 Å². The molecule has 0 fully saturated rings. The third-order valence-corrected chi connectivity index (χ3v) is 9.16. The lowest BCUT2D eigenvalue weighted by Gasteiger charge is -2.34. The summed E-state index contributed by atoms with van der Waals surface area (Å²) in [7, 11) is -4.13. The molecule has 1 N–H and O–H groups in total. The van der Waals surface area contributed by atoms with Crippen LogP contribution in [0.25, 0.3) is 0 Å². The predicted molar refractivity (Wildman–Crippen MR) is 176 cm³/mol. The number of sulfonamides is 1. The molecule has 4 rings (SSSR count). The Kier molecular flexibility index (Phi) is 11.0. The summed E-state index contributed by atoms with van der Waals surface area (Å²) in [4.78, 5) is 29.9. The molecule has 0 saturated heterocycles. The highest BCUT2D eigenvalue weighted by Gasteiger charge is 2.35. The lowest BCUT2D eigenvalue weighted by molar-refractivity contribution is -0.140. The van der Waals surface area contributed by atoms with E-state index in [1.807, 2.05) is 100 Å². The standard InChI is InChI=1S/C36H41N3O4S/c1-27(2)24-37-36(41)34(23-30-14-8-5-9-15-30)38(25-31-16-10-6-11-17-31)35(40)26-39(33-21-20-28(3)22-29(33)4)44(42,43)32-18-12-7-13-19-32/h5-22,27,34H,23-26H2,1-4H3,(H,37,41)/t34-/m0/s1. The van der Waals surface area contributed by atoms with Crippen LogP contribution in [0, 0.1) is 19.8 Å². The minimum atomic E-state index is -4.13. The van der Waals surface area contributed by atoms with Crippen molar-refractivity contribution in [3.8, 4) is 0 Å². The lowest BCUT2D eigenvalue weighted by Crippen LogP contribution is -2.53. The van der Waals surface area contributed by atoms with Crippen LogP contribution in [0.3, 0.4) is 0 Å². The van der Waals surface area contributed by atoms with Crippen molar-refractivity contribution in [3.05, 3.63) is 131 Å². The van der Waals surface area contributed by atoms with Gasteiger partial charge in [0.2, 0.25) is 11.8 Å². The van der Waals surface area contributed by atoms with Gasteiger partial charge in [0.1, 0.15) is 12.6 Å². The Morgan fingerprint density at radius 3 is 1.91 bits per heavy atom. The first-order valence-electron chi connectivity index (χ1n) is 14.9. The van der Waals surface area contributed by atoms with Gasteiger partial charge in [-0.25, -0.2) is 8.42 Å². The lowest BCUT2D eigenvalue weighted by atomic mass is 10.0. The molecule has 1 atom stereocenters. The minimum absolute atomic E-state index is 0.0814. The van der Waals surface area contributed by atoms with Gasteiger partial charge >= 0.3 is 0 Å². The van der Waals surface area contributed by atoms with E-state index in [-0.39, 0.29) is 29.7 Å². The normalized spacial score (nSPS) is 12.0. The van der Waals surface area contributed by atoms with E-state index in [1.165, 1.54) is 21.3 Å². The zero-order valence-electron chi connectivity index (χ0n) is 25.8. The Morgan fingerprint density at radius 2 is 1.34 bits per heavy atom. The van der Waals surface area contributed by atoms with Gasteiger partial charge in [-0.15, -0.1) is 0 Å². The molecule has 0 aliphatic rings. The molecule has 0 radical (unpaired) electrons. The van der Waals surface area contributed by atoms with Crippen LogP contribution in [0.1, 0.15) is 36.1 Å². The average molecular weight is 612 g/mol. The summed E-state index contributed by atoms with van der Waals surface area (Å²) in [5.41, 5.74) is 3.84. The molecule has 2 amide bonds. The molecule has 0 aliphatic carbocycles. The van der Waals surface area contributed by atoms with Crippen molar-refractivity contribution in [2.45, 2.75) is 51.6 Å². The predicted octanol–water partition coefficient (Wildman–Crippen LogP) is 5.91. The first-order chi connectivity index (χ1) is 21.1. The van der Waals surface area contributed by atoms with Gasteiger partial charge in [-0.3, -0.25) is 13.9 Å². The monoisotopic (exact) mass is 611 g/mol. The van der Waals surface area contributed by atoms with Crippen molar-refractivity contribution >= 4 is 27.5 Å². The van der Waals surface area contributed by atoms with Gasteiger partial charge in [0.25, 0.3) is 10.0 Å². The Balaban J connectivity index is 1.80. The molecule has 4 aromatic carbocycles. The van der Waals surface area contributed by atoms with Crippen LogP contribution in [0.4, 0.5) is 5.69 Å². The number of benzene rings is 4. The van der Waals surface area contributed by atoms with E-state index in [2.05, 4.69) is 5.32 Å². The summed E-state index contributed by atoms with van der Waals surface area (Å²) in [5.74, 6) is -0.546. The number of amides is 2. The molecule has 230 valence electrons. The fourth-order valence-corrected chi connectivity index (χ4v) is 6.57. The second-order valence-electron chi connectivity index (χ2n) is 11.5. The maximum atomic E-state index is 14.5. The van der Waals surface area contributed by atoms with Crippen LogP contribution in [0.5, 0.6) is 0 Å². The largest absolute Gasteiger partial charge is 0.354 e. The number of carbonyl (C=O) groups excluding carboxylic acids is 2. The molecule has 44 heavy (non-hydrogen) atoms. The number of rotatable bonds is 13. The maximum absolute atomic E-state index is 14.5. The molecule has 0 heterocycles. The molecule has 0 aromatic heterocycles. The SMILES string of the molecule is Cc1ccc(N(CC(=O)N(Cc2ccccc2)[C@@H](Cc2ccccc2)C(=O)NCC(C)C)S(=O)(=O)c2ccccc2)c(C)c1. The van der Waals surface area contributed by atoms with Gasteiger partial charge in [0.15, 0.2) is 0 Å². The van der Waals surface area contributed by atoms with Gasteiger partial charge in [0, 0.05) is 19.5 Å². The number of aryl methyl sites for hydroxylation is 2. The Labute approximate surface area is 261 Å². The van der Waals surface area contributed by atoms with E-state index in [4.69, 9.17) is 0 Å². The summed E-state index contributed by atoms with van der Waals surface area (Å²) in [6, 6.07) is 31.7. The highest BCUT2D eigenvalue weighted by molar-refractivity contribution is 7.92. The second kappa shape index (κ2) is 14.8. The summed E-state index contributed by atoms with van der Waals surface area (Å²) in [6.45, 7) is 7.90. The van der Waals surface area contributed by atoms with Gasteiger partial charge in [-0.1, -0.05) is 110 Å². The van der Waals surface area contributed by atoms with Crippen LogP contribution in [0.2, 0.25) is 0 Å². The molecule has 8 heteroatoms. The summed E-state index contributed by atoms with van der Waals surface area (Å²) >= 11 is 0. The fraction of sp³-hybridized carbons (Fsp3) is 0.278. The van der Waals surface area contributed by atoms with Gasteiger partial charge in [-0.05, 0) is 54.7 Å². The Bertz CT molecular complexity index is 1640. The number of carbonyl (C=O) groups is 2. The number of nitrogens with zero attached hydrogens (tertiary/aromatic N) is 2. The molecule has 0 saturated carbocycles. The molecule has 4 aromatic rings. The van der Waals surface area contributed by atoms with Crippen molar-refractivity contribution in [1.82, 2.24) is 10.2 Å². The van der Waals surface area contributed by atoms with Gasteiger partial charge < -0.3 is 10.2 Å². The topological polar surface area (TPSA) is 86.8 Å². The third-order valence-electron chi connectivity index (χ3n) is 7.38. The van der Waals surface area contributed by atoms with Gasteiger partial charge in [0.05, 0.1) is 10.6 Å². The maximum Gasteiger partial charge on any atom is 0.264 e. The van der Waals surface area contributed by atoms with Crippen molar-refractivity contribution < 1.29 is 18.0 Å². The molecule has 0 aliphatic heterocycles. The molecule has 0 unspecified atom stereocenters. The summed E-state index contributed by atoms with van der Waals surface area (Å²) < 4.78 is 29.4. The van der Waals surface area contributed by atoms with Crippen LogP contribution < -0.4 is 9.62 Å². The van der Waals surface area contributed by atoms with Crippen molar-refractivity contribution in [2.24, 2.45) is 5.92 Å². The first kappa shape index (κ1) is 32.5. The summed E-state index contributed by atoms with van der Waals surface area (Å²) in [6.07, 6.45) is 0.276. The third kappa shape index (κ3) is 8.35. The van der Waals surface area contributed by atoms with Gasteiger partial charge in [-0.2, -0.15) is 0 Å². The van der Waals surface area contributed by atoms with E-state index in [0.29, 0.717) is 12.2 Å². The summed E-state index contributed by atoms with van der Waals surface area (Å²) in [5, 5.41) is 3.02. The van der Waals surface area contributed by atoms with E-state index in [0.717, 1.165) is 22.3 Å². The van der Waals surface area contributed by atoms with Crippen molar-refractivity contribution in [2.75, 3.05) is 17.4 Å². The molecule has 7 nitrogen and oxygen atoms in total. The molecule has 0 spiro atoms. The fourth-order valence-electron chi connectivity index (χ4n) is 5.07. The zero-order valence-corrected chi connectivity index (χ0v) is 26.6. The van der Waals surface area contributed by atoms with Crippen LogP contribution in [-0.4, -0.2) is 44.3 Å². The molecule has 0 bridgehead atoms. The second-order valence-corrected chi connectivity index (χ2v) is 13.3. The Hall–Kier alpha value is -4.43. The highest BCUT2D eigenvalue weighted by atomic mass is 32.2. The van der Waals surface area contributed by atoms with E-state index < -0.39 is 28.5 Å². The highest BCUT2D eigenvalue weighted by Crippen LogP contribution is 2.28. The Morgan fingerprint density at radius 1 is 0.773 bits per heavy atom. The van der Waals surface area contributed by atoms with Crippen LogP contribution >= 0.6 is 0 Å². The molecular weight excluding hydrogens is 570 g/mol. The smallest absolute Gasteiger partial charge is 0.264 e. The first-order valence-corrected chi connectivity index (χ1v) is 16.3. The number of nitrogens with one attached hydrogen (secondary N) is 1. The quantitative estimate of drug-likeness (QED) is 0.204. The number of hydrogen-bond donors (Lipinski definition) is 1. The average Bonchev–Trinajstić information content (AvgIpc) is 3.02.